The van der Waals surface area contributed by atoms with Crippen molar-refractivity contribution in [3.63, 3.8) is 0 Å². The van der Waals surface area contributed by atoms with Crippen molar-refractivity contribution in [3.05, 3.63) is 42.0 Å². The van der Waals surface area contributed by atoms with E-state index in [0.29, 0.717) is 0 Å². The van der Waals surface area contributed by atoms with Gasteiger partial charge in [0.2, 0.25) is 5.95 Å². The first kappa shape index (κ1) is 12.8. The predicted octanol–water partition coefficient (Wildman–Crippen LogP) is 1.82. The second-order valence-electron chi connectivity index (χ2n) is 5.04. The first-order valence-electron chi connectivity index (χ1n) is 6.96. The van der Waals surface area contributed by atoms with Crippen molar-refractivity contribution in [3.8, 4) is 0 Å². The summed E-state index contributed by atoms with van der Waals surface area (Å²) in [6.45, 7) is 7.70. The summed E-state index contributed by atoms with van der Waals surface area (Å²) >= 11 is 0. The van der Waals surface area contributed by atoms with Crippen LogP contribution in [0.5, 0.6) is 0 Å². The van der Waals surface area contributed by atoms with Gasteiger partial charge in [0.1, 0.15) is 11.6 Å². The van der Waals surface area contributed by atoms with E-state index in [-0.39, 0.29) is 0 Å². The zero-order valence-electron chi connectivity index (χ0n) is 12.0. The molecular weight excluding hydrogens is 250 g/mol. The van der Waals surface area contributed by atoms with Crippen molar-refractivity contribution in [2.75, 3.05) is 36.0 Å². The van der Waals surface area contributed by atoms with Crippen molar-refractivity contribution in [1.82, 2.24) is 15.0 Å². The number of para-hydroxylation sites is 1. The third-order valence-electron chi connectivity index (χ3n) is 3.53. The Balaban J connectivity index is 1.69. The zero-order valence-corrected chi connectivity index (χ0v) is 12.0. The summed E-state index contributed by atoms with van der Waals surface area (Å²) in [6.07, 6.45) is 0. The van der Waals surface area contributed by atoms with E-state index < -0.39 is 0 Å². The van der Waals surface area contributed by atoms with Crippen LogP contribution in [0, 0.1) is 13.8 Å². The van der Waals surface area contributed by atoms with Crippen LogP contribution in [0.15, 0.2) is 30.3 Å². The van der Waals surface area contributed by atoms with Gasteiger partial charge in [0.15, 0.2) is 0 Å². The molecule has 0 spiro atoms. The van der Waals surface area contributed by atoms with E-state index in [2.05, 4.69) is 55.1 Å². The molecule has 0 aliphatic carbocycles. The number of piperazine rings is 1. The molecule has 0 N–H and O–H groups in total. The van der Waals surface area contributed by atoms with Crippen LogP contribution in [0.2, 0.25) is 0 Å². The van der Waals surface area contributed by atoms with Gasteiger partial charge in [-0.2, -0.15) is 9.97 Å². The Kier molecular flexibility index (Phi) is 3.50. The summed E-state index contributed by atoms with van der Waals surface area (Å²) < 4.78 is 0. The zero-order chi connectivity index (χ0) is 13.9. The Morgan fingerprint density at radius 2 is 1.30 bits per heavy atom. The fourth-order valence-electron chi connectivity index (χ4n) is 2.54. The van der Waals surface area contributed by atoms with Gasteiger partial charge in [-0.25, -0.2) is 4.98 Å². The maximum atomic E-state index is 4.44. The van der Waals surface area contributed by atoms with Gasteiger partial charge >= 0.3 is 0 Å². The van der Waals surface area contributed by atoms with E-state index in [1.807, 2.05) is 13.8 Å². The highest BCUT2D eigenvalue weighted by Gasteiger charge is 2.19. The lowest BCUT2D eigenvalue weighted by atomic mass is 10.2. The van der Waals surface area contributed by atoms with E-state index >= 15 is 0 Å². The van der Waals surface area contributed by atoms with Gasteiger partial charge in [0.25, 0.3) is 0 Å². The highest BCUT2D eigenvalue weighted by Crippen LogP contribution is 2.17. The number of aromatic nitrogens is 3. The van der Waals surface area contributed by atoms with Crippen LogP contribution in [0.1, 0.15) is 11.6 Å². The fourth-order valence-corrected chi connectivity index (χ4v) is 2.54. The molecule has 0 unspecified atom stereocenters. The van der Waals surface area contributed by atoms with E-state index in [1.54, 1.807) is 0 Å². The van der Waals surface area contributed by atoms with E-state index in [1.165, 1.54) is 5.69 Å². The molecule has 1 aliphatic heterocycles. The number of hydrogen-bond donors (Lipinski definition) is 0. The molecule has 0 atom stereocenters. The summed E-state index contributed by atoms with van der Waals surface area (Å²) in [4.78, 5) is 17.8. The number of aryl methyl sites for hydroxylation is 2. The van der Waals surface area contributed by atoms with Crippen LogP contribution in [-0.2, 0) is 0 Å². The number of benzene rings is 1. The van der Waals surface area contributed by atoms with Crippen molar-refractivity contribution < 1.29 is 0 Å². The van der Waals surface area contributed by atoms with Crippen LogP contribution in [0.4, 0.5) is 11.6 Å². The van der Waals surface area contributed by atoms with Crippen LogP contribution in [0.25, 0.3) is 0 Å². The summed E-state index contributed by atoms with van der Waals surface area (Å²) in [5.41, 5.74) is 1.29. The standard InChI is InChI=1S/C15H19N5/c1-12-16-13(2)18-15(17-12)20-10-8-19(9-11-20)14-6-4-3-5-7-14/h3-7H,8-11H2,1-2H3. The van der Waals surface area contributed by atoms with E-state index in [0.717, 1.165) is 43.8 Å². The molecule has 5 nitrogen and oxygen atoms in total. The van der Waals surface area contributed by atoms with Crippen molar-refractivity contribution in [2.24, 2.45) is 0 Å². The van der Waals surface area contributed by atoms with Gasteiger partial charge in [-0.05, 0) is 26.0 Å². The lowest BCUT2D eigenvalue weighted by Gasteiger charge is -2.36. The topological polar surface area (TPSA) is 45.2 Å². The molecule has 5 heteroatoms. The van der Waals surface area contributed by atoms with E-state index in [9.17, 15) is 0 Å². The predicted molar refractivity (Wildman–Crippen MR) is 80.2 cm³/mol. The lowest BCUT2D eigenvalue weighted by Crippen LogP contribution is -2.47. The summed E-state index contributed by atoms with van der Waals surface area (Å²) in [5.74, 6) is 2.39. The number of hydrogen-bond acceptors (Lipinski definition) is 5. The minimum absolute atomic E-state index is 0.790. The Labute approximate surface area is 119 Å². The number of anilines is 2. The quantitative estimate of drug-likeness (QED) is 0.832. The molecule has 3 rings (SSSR count). The highest BCUT2D eigenvalue weighted by molar-refractivity contribution is 5.48. The molecule has 1 aliphatic rings. The van der Waals surface area contributed by atoms with Crippen molar-refractivity contribution >= 4 is 11.6 Å². The molecule has 1 fully saturated rings. The molecule has 0 radical (unpaired) electrons. The molecule has 0 amide bonds. The minimum atomic E-state index is 0.790. The average molecular weight is 269 g/mol. The Morgan fingerprint density at radius 3 is 1.90 bits per heavy atom. The third-order valence-corrected chi connectivity index (χ3v) is 3.53. The van der Waals surface area contributed by atoms with Crippen LogP contribution >= 0.6 is 0 Å². The van der Waals surface area contributed by atoms with Crippen LogP contribution in [-0.4, -0.2) is 41.1 Å². The smallest absolute Gasteiger partial charge is 0.228 e. The fraction of sp³-hybridized carbons (Fsp3) is 0.400. The molecule has 1 aromatic heterocycles. The summed E-state index contributed by atoms with van der Waals surface area (Å²) in [7, 11) is 0. The second kappa shape index (κ2) is 5.45. The molecular formula is C15H19N5. The second-order valence-corrected chi connectivity index (χ2v) is 5.04. The SMILES string of the molecule is Cc1nc(C)nc(N2CCN(c3ccccc3)CC2)n1. The first-order valence-corrected chi connectivity index (χ1v) is 6.96. The molecule has 2 heterocycles. The maximum Gasteiger partial charge on any atom is 0.228 e. The number of rotatable bonds is 2. The molecule has 104 valence electrons. The largest absolute Gasteiger partial charge is 0.368 e. The highest BCUT2D eigenvalue weighted by atomic mass is 15.3. The third kappa shape index (κ3) is 2.71. The van der Waals surface area contributed by atoms with Gasteiger partial charge in [-0.3, -0.25) is 0 Å². The monoisotopic (exact) mass is 269 g/mol. The maximum absolute atomic E-state index is 4.44. The molecule has 1 aromatic carbocycles. The van der Waals surface area contributed by atoms with Gasteiger partial charge < -0.3 is 9.80 Å². The lowest BCUT2D eigenvalue weighted by molar-refractivity contribution is 0.635. The molecule has 1 saturated heterocycles. The van der Waals surface area contributed by atoms with Crippen molar-refractivity contribution in [1.29, 1.82) is 0 Å². The minimum Gasteiger partial charge on any atom is -0.368 e. The molecule has 2 aromatic rings. The molecule has 0 saturated carbocycles. The summed E-state index contributed by atoms with van der Waals surface area (Å²) in [5, 5.41) is 0. The summed E-state index contributed by atoms with van der Waals surface area (Å²) in [6, 6.07) is 10.5. The number of nitrogens with zero attached hydrogens (tertiary/aromatic N) is 5. The molecule has 0 bridgehead atoms. The van der Waals surface area contributed by atoms with E-state index in [4.69, 9.17) is 0 Å². The van der Waals surface area contributed by atoms with Gasteiger partial charge in [0, 0.05) is 31.9 Å². The Bertz CT molecular complexity index is 556. The van der Waals surface area contributed by atoms with Gasteiger partial charge in [-0.1, -0.05) is 18.2 Å². The Hall–Kier alpha value is -2.17. The van der Waals surface area contributed by atoms with Gasteiger partial charge in [-0.15, -0.1) is 0 Å². The van der Waals surface area contributed by atoms with Crippen LogP contribution < -0.4 is 9.80 Å². The first-order chi connectivity index (χ1) is 9.72. The normalized spacial score (nSPS) is 15.5. The molecule has 20 heavy (non-hydrogen) atoms. The van der Waals surface area contributed by atoms with Crippen molar-refractivity contribution in [2.45, 2.75) is 13.8 Å². The van der Waals surface area contributed by atoms with Crippen LogP contribution in [0.3, 0.4) is 0 Å². The average Bonchev–Trinajstić information content (AvgIpc) is 2.47. The Morgan fingerprint density at radius 1 is 0.750 bits per heavy atom. The van der Waals surface area contributed by atoms with Gasteiger partial charge in [0.05, 0.1) is 0 Å².